The lowest BCUT2D eigenvalue weighted by Gasteiger charge is -2.06. The molecule has 0 aliphatic heterocycles. The number of carbonyl (C=O) groups is 1. The Labute approximate surface area is 98.7 Å². The summed E-state index contributed by atoms with van der Waals surface area (Å²) in [5, 5.41) is 16.2. The molecule has 0 bridgehead atoms. The van der Waals surface area contributed by atoms with Crippen molar-refractivity contribution in [2.45, 2.75) is 19.8 Å². The molecule has 0 saturated heterocycles. The van der Waals surface area contributed by atoms with Gasteiger partial charge in [-0.05, 0) is 18.1 Å². The molecule has 88 valence electrons. The zero-order valence-electron chi connectivity index (χ0n) is 9.50. The summed E-state index contributed by atoms with van der Waals surface area (Å²) in [5.74, 6) is -1.07. The standard InChI is InChI=1S/C12H13N3O2/c1-2-5-9-6-3-4-7-11(9)15-8-10(12(16)17)13-14-15/h3-4,6-8H,2,5H2,1H3,(H,16,17). The number of carboxylic acid groups (broad SMARTS) is 1. The molecule has 0 amide bonds. The summed E-state index contributed by atoms with van der Waals surface area (Å²) in [6, 6.07) is 7.78. The Kier molecular flexibility index (Phi) is 3.18. The zero-order chi connectivity index (χ0) is 12.3. The fourth-order valence-corrected chi connectivity index (χ4v) is 1.69. The van der Waals surface area contributed by atoms with E-state index in [0.29, 0.717) is 0 Å². The van der Waals surface area contributed by atoms with Gasteiger partial charge < -0.3 is 5.11 Å². The highest BCUT2D eigenvalue weighted by molar-refractivity contribution is 5.84. The molecular formula is C12H13N3O2. The molecule has 1 heterocycles. The number of aryl methyl sites for hydroxylation is 1. The van der Waals surface area contributed by atoms with Crippen LogP contribution in [0.3, 0.4) is 0 Å². The van der Waals surface area contributed by atoms with Gasteiger partial charge in [-0.2, -0.15) is 0 Å². The Bertz CT molecular complexity index is 534. The van der Waals surface area contributed by atoms with Crippen LogP contribution in [-0.2, 0) is 6.42 Å². The van der Waals surface area contributed by atoms with Crippen molar-refractivity contribution in [3.63, 3.8) is 0 Å². The van der Waals surface area contributed by atoms with E-state index in [-0.39, 0.29) is 5.69 Å². The second kappa shape index (κ2) is 4.78. The summed E-state index contributed by atoms with van der Waals surface area (Å²) < 4.78 is 1.51. The summed E-state index contributed by atoms with van der Waals surface area (Å²) in [6.07, 6.45) is 3.38. The Hall–Kier alpha value is -2.17. The van der Waals surface area contributed by atoms with Crippen LogP contribution in [0.5, 0.6) is 0 Å². The van der Waals surface area contributed by atoms with Crippen LogP contribution in [0.2, 0.25) is 0 Å². The van der Waals surface area contributed by atoms with Crippen molar-refractivity contribution < 1.29 is 9.90 Å². The molecule has 0 atom stereocenters. The Morgan fingerprint density at radius 1 is 1.41 bits per heavy atom. The first-order valence-electron chi connectivity index (χ1n) is 5.46. The smallest absolute Gasteiger partial charge is 0.358 e. The number of nitrogens with zero attached hydrogens (tertiary/aromatic N) is 3. The van der Waals surface area contributed by atoms with Gasteiger partial charge in [0.2, 0.25) is 0 Å². The van der Waals surface area contributed by atoms with Gasteiger partial charge in [-0.25, -0.2) is 9.48 Å². The van der Waals surface area contributed by atoms with Gasteiger partial charge >= 0.3 is 5.97 Å². The number of para-hydroxylation sites is 1. The Morgan fingerprint density at radius 3 is 2.82 bits per heavy atom. The van der Waals surface area contributed by atoms with Crippen LogP contribution in [0.1, 0.15) is 29.4 Å². The van der Waals surface area contributed by atoms with Crippen LogP contribution in [0.15, 0.2) is 30.5 Å². The van der Waals surface area contributed by atoms with Crippen LogP contribution < -0.4 is 0 Å². The van der Waals surface area contributed by atoms with Crippen LogP contribution in [0.4, 0.5) is 0 Å². The van der Waals surface area contributed by atoms with Crippen molar-refractivity contribution >= 4 is 5.97 Å². The third-order valence-corrected chi connectivity index (χ3v) is 2.47. The number of aromatic nitrogens is 3. The molecule has 0 aliphatic carbocycles. The van der Waals surface area contributed by atoms with Crippen LogP contribution in [0, 0.1) is 0 Å². The number of aromatic carboxylic acids is 1. The third-order valence-electron chi connectivity index (χ3n) is 2.47. The quantitative estimate of drug-likeness (QED) is 0.872. The topological polar surface area (TPSA) is 68.0 Å². The number of carboxylic acids is 1. The number of benzene rings is 1. The second-order valence-corrected chi connectivity index (χ2v) is 3.73. The molecule has 2 rings (SSSR count). The van der Waals surface area contributed by atoms with Gasteiger partial charge in [-0.1, -0.05) is 36.8 Å². The third kappa shape index (κ3) is 2.33. The lowest BCUT2D eigenvalue weighted by Crippen LogP contribution is -2.00. The monoisotopic (exact) mass is 231 g/mol. The average Bonchev–Trinajstić information content (AvgIpc) is 2.79. The van der Waals surface area contributed by atoms with Gasteiger partial charge in [0, 0.05) is 0 Å². The second-order valence-electron chi connectivity index (χ2n) is 3.73. The van der Waals surface area contributed by atoms with Crippen molar-refractivity contribution in [1.29, 1.82) is 0 Å². The maximum Gasteiger partial charge on any atom is 0.358 e. The van der Waals surface area contributed by atoms with E-state index in [2.05, 4.69) is 17.2 Å². The molecule has 1 aromatic heterocycles. The molecule has 0 saturated carbocycles. The lowest BCUT2D eigenvalue weighted by molar-refractivity contribution is 0.0690. The molecule has 0 fully saturated rings. The van der Waals surface area contributed by atoms with Gasteiger partial charge in [-0.3, -0.25) is 0 Å². The number of hydrogen-bond acceptors (Lipinski definition) is 3. The first kappa shape index (κ1) is 11.3. The van der Waals surface area contributed by atoms with E-state index in [9.17, 15) is 4.79 Å². The van der Waals surface area contributed by atoms with E-state index in [1.54, 1.807) is 0 Å². The van der Waals surface area contributed by atoms with E-state index in [0.717, 1.165) is 24.1 Å². The highest BCUT2D eigenvalue weighted by Gasteiger charge is 2.10. The molecule has 5 heteroatoms. The SMILES string of the molecule is CCCc1ccccc1-n1cc(C(=O)O)nn1. The molecule has 0 unspecified atom stereocenters. The highest BCUT2D eigenvalue weighted by Crippen LogP contribution is 2.15. The van der Waals surface area contributed by atoms with Crippen molar-refractivity contribution in [1.82, 2.24) is 15.0 Å². The minimum absolute atomic E-state index is 0.0451. The summed E-state index contributed by atoms with van der Waals surface area (Å²) in [7, 11) is 0. The Morgan fingerprint density at radius 2 is 2.18 bits per heavy atom. The Balaban J connectivity index is 2.41. The van der Waals surface area contributed by atoms with E-state index in [4.69, 9.17) is 5.11 Å². The van der Waals surface area contributed by atoms with Crippen molar-refractivity contribution in [2.75, 3.05) is 0 Å². The summed E-state index contributed by atoms with van der Waals surface area (Å²) in [5.41, 5.74) is 1.97. The first-order chi connectivity index (χ1) is 8.22. The molecule has 0 radical (unpaired) electrons. The van der Waals surface area contributed by atoms with Gasteiger partial charge in [0.05, 0.1) is 11.9 Å². The van der Waals surface area contributed by atoms with Gasteiger partial charge in [0.25, 0.3) is 0 Å². The fraction of sp³-hybridized carbons (Fsp3) is 0.250. The van der Waals surface area contributed by atoms with Crippen molar-refractivity contribution in [2.24, 2.45) is 0 Å². The van der Waals surface area contributed by atoms with Gasteiger partial charge in [0.15, 0.2) is 5.69 Å². The molecule has 2 aromatic rings. The van der Waals surface area contributed by atoms with Crippen molar-refractivity contribution in [3.05, 3.63) is 41.7 Å². The van der Waals surface area contributed by atoms with E-state index in [1.807, 2.05) is 24.3 Å². The van der Waals surface area contributed by atoms with E-state index < -0.39 is 5.97 Å². The predicted molar refractivity (Wildman–Crippen MR) is 62.3 cm³/mol. The van der Waals surface area contributed by atoms with Crippen molar-refractivity contribution in [3.8, 4) is 5.69 Å². The highest BCUT2D eigenvalue weighted by atomic mass is 16.4. The minimum Gasteiger partial charge on any atom is -0.476 e. The summed E-state index contributed by atoms with van der Waals surface area (Å²) in [6.45, 7) is 2.10. The first-order valence-corrected chi connectivity index (χ1v) is 5.46. The minimum atomic E-state index is -1.07. The largest absolute Gasteiger partial charge is 0.476 e. The molecule has 5 nitrogen and oxygen atoms in total. The van der Waals surface area contributed by atoms with E-state index >= 15 is 0 Å². The fourth-order valence-electron chi connectivity index (χ4n) is 1.69. The van der Waals surface area contributed by atoms with Crippen LogP contribution in [0.25, 0.3) is 5.69 Å². The van der Waals surface area contributed by atoms with Crippen LogP contribution in [-0.4, -0.2) is 26.1 Å². The summed E-state index contributed by atoms with van der Waals surface area (Å²) >= 11 is 0. The van der Waals surface area contributed by atoms with E-state index in [1.165, 1.54) is 10.9 Å². The lowest BCUT2D eigenvalue weighted by atomic mass is 10.1. The van der Waals surface area contributed by atoms with Gasteiger partial charge in [-0.15, -0.1) is 5.10 Å². The van der Waals surface area contributed by atoms with Gasteiger partial charge in [0.1, 0.15) is 0 Å². The molecular weight excluding hydrogens is 218 g/mol. The maximum atomic E-state index is 10.7. The van der Waals surface area contributed by atoms with Crippen LogP contribution >= 0.6 is 0 Å². The summed E-state index contributed by atoms with van der Waals surface area (Å²) in [4.78, 5) is 10.7. The molecule has 0 aliphatic rings. The predicted octanol–water partition coefficient (Wildman–Crippen LogP) is 1.92. The average molecular weight is 231 g/mol. The zero-order valence-corrected chi connectivity index (χ0v) is 9.50. The normalized spacial score (nSPS) is 10.4. The maximum absolute atomic E-state index is 10.7. The molecule has 17 heavy (non-hydrogen) atoms. The molecule has 1 N–H and O–H groups in total. The number of rotatable bonds is 4. The molecule has 1 aromatic carbocycles. The molecule has 0 spiro atoms. The number of hydrogen-bond donors (Lipinski definition) is 1.